The highest BCUT2D eigenvalue weighted by Crippen LogP contribution is 2.28. The molecule has 0 saturated heterocycles. The third-order valence-corrected chi connectivity index (χ3v) is 4.30. The van der Waals surface area contributed by atoms with Crippen LogP contribution >= 0.6 is 0 Å². The number of hydrogen-bond acceptors (Lipinski definition) is 4. The maximum atomic E-state index is 12.2. The zero-order valence-electron chi connectivity index (χ0n) is 11.2. The minimum absolute atomic E-state index is 0.0336. The summed E-state index contributed by atoms with van der Waals surface area (Å²) in [7, 11) is -2.58. The molecule has 106 valence electrons. The van der Waals surface area contributed by atoms with Gasteiger partial charge in [-0.25, -0.2) is 8.42 Å². The maximum absolute atomic E-state index is 12.2. The first-order valence-corrected chi connectivity index (χ1v) is 7.07. The molecule has 1 rings (SSSR count). The molecule has 0 aliphatic rings. The van der Waals surface area contributed by atoms with Crippen molar-refractivity contribution in [3.63, 3.8) is 0 Å². The SMILES string of the molecule is COc1cc(C)cc(C)c1S(=O)(=O)NC(C)C(=O)O. The highest BCUT2D eigenvalue weighted by atomic mass is 32.2. The number of carboxylic acids is 1. The smallest absolute Gasteiger partial charge is 0.321 e. The molecule has 2 N–H and O–H groups in total. The summed E-state index contributed by atoms with van der Waals surface area (Å²) >= 11 is 0. The molecule has 19 heavy (non-hydrogen) atoms. The average molecular weight is 287 g/mol. The number of nitrogens with one attached hydrogen (secondary N) is 1. The van der Waals surface area contributed by atoms with Crippen LogP contribution in [-0.2, 0) is 14.8 Å². The van der Waals surface area contributed by atoms with Crippen molar-refractivity contribution in [1.29, 1.82) is 0 Å². The second-order valence-electron chi connectivity index (χ2n) is 4.29. The van der Waals surface area contributed by atoms with E-state index in [1.165, 1.54) is 14.0 Å². The van der Waals surface area contributed by atoms with Gasteiger partial charge in [0.2, 0.25) is 10.0 Å². The predicted molar refractivity (Wildman–Crippen MR) is 69.9 cm³/mol. The average Bonchev–Trinajstić information content (AvgIpc) is 2.26. The molecule has 1 atom stereocenters. The second kappa shape index (κ2) is 5.58. The number of aryl methyl sites for hydroxylation is 2. The van der Waals surface area contributed by atoms with Gasteiger partial charge < -0.3 is 9.84 Å². The molecule has 0 heterocycles. The minimum Gasteiger partial charge on any atom is -0.495 e. The van der Waals surface area contributed by atoms with E-state index in [4.69, 9.17) is 9.84 Å². The Morgan fingerprint density at radius 1 is 1.37 bits per heavy atom. The van der Waals surface area contributed by atoms with Crippen LogP contribution in [0.4, 0.5) is 0 Å². The lowest BCUT2D eigenvalue weighted by Crippen LogP contribution is -2.38. The van der Waals surface area contributed by atoms with Crippen molar-refractivity contribution in [3.8, 4) is 5.75 Å². The number of rotatable bonds is 5. The van der Waals surface area contributed by atoms with E-state index in [9.17, 15) is 13.2 Å². The number of carboxylic acid groups (broad SMARTS) is 1. The molecular weight excluding hydrogens is 270 g/mol. The number of aliphatic carboxylic acids is 1. The zero-order valence-corrected chi connectivity index (χ0v) is 12.0. The number of sulfonamides is 1. The number of benzene rings is 1. The van der Waals surface area contributed by atoms with Crippen LogP contribution in [0, 0.1) is 13.8 Å². The van der Waals surface area contributed by atoms with Gasteiger partial charge in [-0.3, -0.25) is 4.79 Å². The Balaban J connectivity index is 3.32. The largest absolute Gasteiger partial charge is 0.495 e. The number of methoxy groups -OCH3 is 1. The van der Waals surface area contributed by atoms with Gasteiger partial charge in [0.05, 0.1) is 7.11 Å². The molecule has 0 aromatic heterocycles. The van der Waals surface area contributed by atoms with Gasteiger partial charge in [0.15, 0.2) is 0 Å². The van der Waals surface area contributed by atoms with Crippen LogP contribution in [-0.4, -0.2) is 32.6 Å². The van der Waals surface area contributed by atoms with Gasteiger partial charge in [0, 0.05) is 0 Å². The molecule has 0 saturated carbocycles. The maximum Gasteiger partial charge on any atom is 0.321 e. The minimum atomic E-state index is -3.95. The van der Waals surface area contributed by atoms with Crippen molar-refractivity contribution >= 4 is 16.0 Å². The lowest BCUT2D eigenvalue weighted by atomic mass is 10.1. The molecular formula is C12H17NO5S. The highest BCUT2D eigenvalue weighted by molar-refractivity contribution is 7.89. The zero-order chi connectivity index (χ0) is 14.8. The third-order valence-electron chi connectivity index (χ3n) is 2.58. The molecule has 1 unspecified atom stereocenters. The summed E-state index contributed by atoms with van der Waals surface area (Å²) in [4.78, 5) is 10.7. The van der Waals surface area contributed by atoms with Crippen LogP contribution in [0.25, 0.3) is 0 Å². The van der Waals surface area contributed by atoms with E-state index in [-0.39, 0.29) is 10.6 Å². The normalized spacial score (nSPS) is 13.1. The molecule has 0 radical (unpaired) electrons. The summed E-state index contributed by atoms with van der Waals surface area (Å²) < 4.78 is 31.6. The monoisotopic (exact) mass is 287 g/mol. The number of hydrogen-bond donors (Lipinski definition) is 2. The van der Waals surface area contributed by atoms with Crippen LogP contribution in [0.1, 0.15) is 18.1 Å². The van der Waals surface area contributed by atoms with E-state index in [0.29, 0.717) is 5.56 Å². The topological polar surface area (TPSA) is 92.7 Å². The van der Waals surface area contributed by atoms with Gasteiger partial charge >= 0.3 is 5.97 Å². The summed E-state index contributed by atoms with van der Waals surface area (Å²) in [5, 5.41) is 8.77. The van der Waals surface area contributed by atoms with E-state index in [0.717, 1.165) is 5.56 Å². The Hall–Kier alpha value is -1.60. The third kappa shape index (κ3) is 3.45. The number of carbonyl (C=O) groups is 1. The predicted octanol–water partition coefficient (Wildman–Crippen LogP) is 1.06. The Morgan fingerprint density at radius 2 is 1.95 bits per heavy atom. The van der Waals surface area contributed by atoms with E-state index >= 15 is 0 Å². The van der Waals surface area contributed by atoms with Crippen molar-refractivity contribution in [2.75, 3.05) is 7.11 Å². The lowest BCUT2D eigenvalue weighted by molar-refractivity contribution is -0.138. The van der Waals surface area contributed by atoms with Crippen LogP contribution < -0.4 is 9.46 Å². The molecule has 0 spiro atoms. The van der Waals surface area contributed by atoms with Crippen molar-refractivity contribution in [1.82, 2.24) is 4.72 Å². The number of ether oxygens (including phenoxy) is 1. The van der Waals surface area contributed by atoms with Gasteiger partial charge in [0.1, 0.15) is 16.7 Å². The molecule has 0 fully saturated rings. The Labute approximate surface area is 112 Å². The first kappa shape index (κ1) is 15.5. The fourth-order valence-corrected chi connectivity index (χ4v) is 3.33. The van der Waals surface area contributed by atoms with E-state index < -0.39 is 22.0 Å². The molecule has 7 heteroatoms. The first-order valence-electron chi connectivity index (χ1n) is 5.59. The van der Waals surface area contributed by atoms with Crippen molar-refractivity contribution in [2.24, 2.45) is 0 Å². The van der Waals surface area contributed by atoms with E-state index in [2.05, 4.69) is 4.72 Å². The molecule has 0 aliphatic carbocycles. The molecule has 0 aliphatic heterocycles. The van der Waals surface area contributed by atoms with Gasteiger partial charge in [-0.2, -0.15) is 4.72 Å². The lowest BCUT2D eigenvalue weighted by Gasteiger charge is -2.15. The summed E-state index contributed by atoms with van der Waals surface area (Å²) in [6, 6.07) is 2.07. The summed E-state index contributed by atoms with van der Waals surface area (Å²) in [6.07, 6.45) is 0. The van der Waals surface area contributed by atoms with Gasteiger partial charge in [-0.15, -0.1) is 0 Å². The fraction of sp³-hybridized carbons (Fsp3) is 0.417. The Bertz CT molecular complexity index is 594. The van der Waals surface area contributed by atoms with Crippen molar-refractivity contribution < 1.29 is 23.1 Å². The van der Waals surface area contributed by atoms with Crippen LogP contribution in [0.5, 0.6) is 5.75 Å². The van der Waals surface area contributed by atoms with E-state index in [1.54, 1.807) is 19.1 Å². The van der Waals surface area contributed by atoms with E-state index in [1.807, 2.05) is 6.92 Å². The van der Waals surface area contributed by atoms with Gasteiger partial charge in [-0.05, 0) is 38.0 Å². The molecule has 6 nitrogen and oxygen atoms in total. The van der Waals surface area contributed by atoms with Crippen molar-refractivity contribution in [3.05, 3.63) is 23.3 Å². The summed E-state index contributed by atoms with van der Waals surface area (Å²) in [5.74, 6) is -1.05. The molecule has 1 aromatic carbocycles. The summed E-state index contributed by atoms with van der Waals surface area (Å²) in [6.45, 7) is 4.71. The van der Waals surface area contributed by atoms with Crippen LogP contribution in [0.2, 0.25) is 0 Å². The molecule has 0 amide bonds. The fourth-order valence-electron chi connectivity index (χ4n) is 1.75. The van der Waals surface area contributed by atoms with Gasteiger partial charge in [-0.1, -0.05) is 6.07 Å². The molecule has 1 aromatic rings. The quantitative estimate of drug-likeness (QED) is 0.845. The summed E-state index contributed by atoms with van der Waals surface area (Å²) in [5.41, 5.74) is 1.36. The highest BCUT2D eigenvalue weighted by Gasteiger charge is 2.26. The Kier molecular flexibility index (Phi) is 4.54. The first-order chi connectivity index (χ1) is 8.69. The standard InChI is InChI=1S/C12H17NO5S/c1-7-5-8(2)11(10(6-7)18-4)19(16,17)13-9(3)12(14)15/h5-6,9,13H,1-4H3,(H,14,15). The second-order valence-corrected chi connectivity index (χ2v) is 5.95. The van der Waals surface area contributed by atoms with Crippen molar-refractivity contribution in [2.45, 2.75) is 31.7 Å². The Morgan fingerprint density at radius 3 is 2.42 bits per heavy atom. The molecule has 0 bridgehead atoms. The van der Waals surface area contributed by atoms with Gasteiger partial charge in [0.25, 0.3) is 0 Å². The van der Waals surface area contributed by atoms with Crippen LogP contribution in [0.15, 0.2) is 17.0 Å². The van der Waals surface area contributed by atoms with Crippen LogP contribution in [0.3, 0.4) is 0 Å².